The van der Waals surface area contributed by atoms with E-state index >= 15 is 0 Å². The maximum Gasteiger partial charge on any atom is 0.279 e. The van der Waals surface area contributed by atoms with E-state index in [1.165, 1.54) is 0 Å². The number of rotatable bonds is 5. The second-order valence-corrected chi connectivity index (χ2v) is 6.64. The molecule has 1 aromatic carbocycles. The van der Waals surface area contributed by atoms with Gasteiger partial charge in [-0.3, -0.25) is 9.59 Å². The quantitative estimate of drug-likeness (QED) is 0.858. The molecule has 1 fully saturated rings. The number of nitrogens with one attached hydrogen (secondary N) is 2. The van der Waals surface area contributed by atoms with Gasteiger partial charge in [0.1, 0.15) is 23.6 Å². The van der Waals surface area contributed by atoms with Crippen LogP contribution < -0.4 is 20.1 Å². The summed E-state index contributed by atoms with van der Waals surface area (Å²) in [4.78, 5) is 23.3. The molecular formula is C16H20N2O4S. The largest absolute Gasteiger partial charge is 0.494 e. The molecule has 2 amide bonds. The van der Waals surface area contributed by atoms with Crippen LogP contribution >= 0.6 is 11.8 Å². The second-order valence-electron chi connectivity index (χ2n) is 5.65. The number of hydrogen-bond acceptors (Lipinski definition) is 5. The lowest BCUT2D eigenvalue weighted by Crippen LogP contribution is -2.42. The summed E-state index contributed by atoms with van der Waals surface area (Å²) < 4.78 is 11.5. The van der Waals surface area contributed by atoms with Gasteiger partial charge >= 0.3 is 0 Å². The number of thioether (sulfide) groups is 1. The highest BCUT2D eigenvalue weighted by Crippen LogP contribution is 2.35. The second kappa shape index (κ2) is 6.70. The van der Waals surface area contributed by atoms with Crippen molar-refractivity contribution in [2.45, 2.75) is 39.0 Å². The van der Waals surface area contributed by atoms with Gasteiger partial charge in [0, 0.05) is 29.8 Å². The Morgan fingerprint density at radius 1 is 1.52 bits per heavy atom. The first-order valence-electron chi connectivity index (χ1n) is 7.73. The third-order valence-corrected chi connectivity index (χ3v) is 4.70. The molecule has 2 atom stereocenters. The molecule has 2 unspecified atom stereocenters. The van der Waals surface area contributed by atoms with Crippen LogP contribution in [0.3, 0.4) is 0 Å². The first-order valence-corrected chi connectivity index (χ1v) is 8.71. The van der Waals surface area contributed by atoms with Crippen LogP contribution in [0.4, 0.5) is 4.79 Å². The molecule has 2 aliphatic rings. The number of amides is 2. The summed E-state index contributed by atoms with van der Waals surface area (Å²) in [6, 6.07) is 3.47. The first kappa shape index (κ1) is 16.0. The summed E-state index contributed by atoms with van der Waals surface area (Å²) in [5, 5.41) is 5.34. The molecule has 2 N–H and O–H groups in total. The van der Waals surface area contributed by atoms with Gasteiger partial charge in [0.05, 0.1) is 6.61 Å². The molecule has 3 rings (SSSR count). The van der Waals surface area contributed by atoms with Gasteiger partial charge in [0.25, 0.3) is 5.24 Å². The summed E-state index contributed by atoms with van der Waals surface area (Å²) in [5.41, 5.74) is 2.01. The average Bonchev–Trinajstić information content (AvgIpc) is 3.09. The summed E-state index contributed by atoms with van der Waals surface area (Å²) >= 11 is 1.13. The fraction of sp³-hybridized carbons (Fsp3) is 0.500. The van der Waals surface area contributed by atoms with Crippen molar-refractivity contribution in [2.24, 2.45) is 0 Å². The highest BCUT2D eigenvalue weighted by atomic mass is 32.2. The van der Waals surface area contributed by atoms with Crippen LogP contribution in [0.2, 0.25) is 0 Å². The van der Waals surface area contributed by atoms with Crippen molar-refractivity contribution >= 4 is 22.9 Å². The zero-order valence-corrected chi connectivity index (χ0v) is 14.0. The van der Waals surface area contributed by atoms with E-state index < -0.39 is 6.04 Å². The van der Waals surface area contributed by atoms with Crippen LogP contribution in [0.25, 0.3) is 0 Å². The third-order valence-electron chi connectivity index (χ3n) is 3.82. The number of ether oxygens (including phenoxy) is 2. The van der Waals surface area contributed by atoms with Crippen LogP contribution in [0.5, 0.6) is 11.5 Å². The molecule has 7 heteroatoms. The molecule has 2 aliphatic heterocycles. The highest BCUT2D eigenvalue weighted by molar-refractivity contribution is 8.14. The Morgan fingerprint density at radius 3 is 3.04 bits per heavy atom. The molecule has 1 aromatic rings. The summed E-state index contributed by atoms with van der Waals surface area (Å²) in [6.45, 7) is 4.87. The molecular weight excluding hydrogens is 316 g/mol. The zero-order chi connectivity index (χ0) is 16.4. The molecule has 23 heavy (non-hydrogen) atoms. The van der Waals surface area contributed by atoms with Gasteiger partial charge in [-0.1, -0.05) is 11.8 Å². The van der Waals surface area contributed by atoms with E-state index in [4.69, 9.17) is 9.47 Å². The Balaban J connectivity index is 1.70. The van der Waals surface area contributed by atoms with E-state index in [1.807, 2.05) is 26.0 Å². The van der Waals surface area contributed by atoms with Crippen molar-refractivity contribution in [2.75, 3.05) is 12.4 Å². The van der Waals surface area contributed by atoms with Crippen molar-refractivity contribution in [3.8, 4) is 11.5 Å². The Bertz CT molecular complexity index is 635. The van der Waals surface area contributed by atoms with Crippen LogP contribution in [0.1, 0.15) is 25.0 Å². The average molecular weight is 336 g/mol. The Morgan fingerprint density at radius 2 is 2.35 bits per heavy atom. The number of carbonyl (C=O) groups is 2. The maximum absolute atomic E-state index is 12.1. The van der Waals surface area contributed by atoms with Gasteiger partial charge in [-0.25, -0.2) is 0 Å². The third kappa shape index (κ3) is 3.55. The van der Waals surface area contributed by atoms with Crippen LogP contribution in [-0.4, -0.2) is 35.7 Å². The molecule has 0 radical (unpaired) electrons. The fourth-order valence-corrected chi connectivity index (χ4v) is 3.52. The SMILES string of the molecule is CCOc1cc2c(cc1CNC(=O)C1CSC(=O)N1)OC(C)C2. The summed E-state index contributed by atoms with van der Waals surface area (Å²) in [6.07, 6.45) is 1.03. The lowest BCUT2D eigenvalue weighted by Gasteiger charge is -2.15. The van der Waals surface area contributed by atoms with Crippen molar-refractivity contribution in [3.05, 3.63) is 23.3 Å². The predicted molar refractivity (Wildman–Crippen MR) is 88.0 cm³/mol. The molecule has 0 spiro atoms. The normalized spacial score (nSPS) is 22.3. The van der Waals surface area contributed by atoms with Gasteiger partial charge in [0.15, 0.2) is 0 Å². The highest BCUT2D eigenvalue weighted by Gasteiger charge is 2.28. The van der Waals surface area contributed by atoms with E-state index in [9.17, 15) is 9.59 Å². The standard InChI is InChI=1S/C16H20N2O4S/c1-3-21-13-5-10-4-9(2)22-14(10)6-11(13)7-17-15(19)12-8-23-16(20)18-12/h5-6,9,12H,3-4,7-8H2,1-2H3,(H,17,19)(H,18,20). The topological polar surface area (TPSA) is 76.7 Å². The lowest BCUT2D eigenvalue weighted by atomic mass is 10.1. The van der Waals surface area contributed by atoms with Gasteiger partial charge in [-0.05, 0) is 26.0 Å². The van der Waals surface area contributed by atoms with E-state index in [0.29, 0.717) is 18.9 Å². The summed E-state index contributed by atoms with van der Waals surface area (Å²) in [7, 11) is 0. The molecule has 6 nitrogen and oxygen atoms in total. The van der Waals surface area contributed by atoms with Crippen LogP contribution in [0, 0.1) is 0 Å². The predicted octanol–water partition coefficient (Wildman–Crippen LogP) is 1.85. The minimum atomic E-state index is -0.464. The fourth-order valence-electron chi connectivity index (χ4n) is 2.74. The van der Waals surface area contributed by atoms with E-state index in [0.717, 1.165) is 40.8 Å². The van der Waals surface area contributed by atoms with Gasteiger partial charge < -0.3 is 20.1 Å². The summed E-state index contributed by atoms with van der Waals surface area (Å²) in [5.74, 6) is 1.91. The first-order chi connectivity index (χ1) is 11.1. The monoisotopic (exact) mass is 336 g/mol. The van der Waals surface area contributed by atoms with E-state index in [1.54, 1.807) is 0 Å². The van der Waals surface area contributed by atoms with Gasteiger partial charge in [-0.2, -0.15) is 0 Å². The molecule has 0 bridgehead atoms. The number of hydrogen-bond donors (Lipinski definition) is 2. The minimum Gasteiger partial charge on any atom is -0.494 e. The van der Waals surface area contributed by atoms with Gasteiger partial charge in [-0.15, -0.1) is 0 Å². The Kier molecular flexibility index (Phi) is 4.66. The van der Waals surface area contributed by atoms with Crippen molar-refractivity contribution < 1.29 is 19.1 Å². The molecule has 0 aromatic heterocycles. The van der Waals surface area contributed by atoms with Crippen LogP contribution in [0.15, 0.2) is 12.1 Å². The Hall–Kier alpha value is -1.89. The number of fused-ring (bicyclic) bond motifs is 1. The van der Waals surface area contributed by atoms with Crippen LogP contribution in [-0.2, 0) is 17.8 Å². The molecule has 0 saturated carbocycles. The zero-order valence-electron chi connectivity index (χ0n) is 13.2. The molecule has 124 valence electrons. The van der Waals surface area contributed by atoms with Crippen molar-refractivity contribution in [1.29, 1.82) is 0 Å². The van der Waals surface area contributed by atoms with Crippen molar-refractivity contribution in [1.82, 2.24) is 10.6 Å². The molecule has 2 heterocycles. The smallest absolute Gasteiger partial charge is 0.279 e. The molecule has 0 aliphatic carbocycles. The minimum absolute atomic E-state index is 0.153. The van der Waals surface area contributed by atoms with E-state index in [-0.39, 0.29) is 17.3 Å². The van der Waals surface area contributed by atoms with Gasteiger partial charge in [0.2, 0.25) is 5.91 Å². The lowest BCUT2D eigenvalue weighted by molar-refractivity contribution is -0.122. The number of carbonyl (C=O) groups excluding carboxylic acids is 2. The number of benzene rings is 1. The Labute approximate surface area is 139 Å². The maximum atomic E-state index is 12.1. The van der Waals surface area contributed by atoms with Crippen molar-refractivity contribution in [3.63, 3.8) is 0 Å². The van der Waals surface area contributed by atoms with E-state index in [2.05, 4.69) is 10.6 Å². The molecule has 1 saturated heterocycles.